The Bertz CT molecular complexity index is 496. The highest BCUT2D eigenvalue weighted by molar-refractivity contribution is 5.93. The molecule has 0 saturated carbocycles. The highest BCUT2D eigenvalue weighted by Gasteiger charge is 2.06. The minimum atomic E-state index is -0.184. The predicted octanol–water partition coefficient (Wildman–Crippen LogP) is 1.38. The highest BCUT2D eigenvalue weighted by Crippen LogP contribution is 2.08. The van der Waals surface area contributed by atoms with Crippen molar-refractivity contribution in [2.24, 2.45) is 0 Å². The van der Waals surface area contributed by atoms with Crippen LogP contribution < -0.4 is 5.32 Å². The Morgan fingerprint density at radius 2 is 2.07 bits per heavy atom. The molecule has 1 aromatic heterocycles. The van der Waals surface area contributed by atoms with Crippen molar-refractivity contribution in [1.29, 1.82) is 0 Å². The van der Waals surface area contributed by atoms with Gasteiger partial charge >= 0.3 is 0 Å². The molecule has 2 aromatic rings. The summed E-state index contributed by atoms with van der Waals surface area (Å²) in [5, 5.41) is 2.69. The third-order valence-corrected chi connectivity index (χ3v) is 2.02. The minimum Gasteiger partial charge on any atom is -0.351 e. The smallest absolute Gasteiger partial charge is 0.271 e. The lowest BCUT2D eigenvalue weighted by atomic mass is 10.3. The van der Waals surface area contributed by atoms with E-state index in [0.29, 0.717) is 12.2 Å². The number of amides is 1. The first kappa shape index (κ1) is 9.58. The number of hydrogen-bond donors (Lipinski definition) is 1. The molecule has 4 nitrogen and oxygen atoms in total. The van der Waals surface area contributed by atoms with Crippen molar-refractivity contribution in [3.8, 4) is 0 Å². The van der Waals surface area contributed by atoms with E-state index in [0.717, 1.165) is 11.0 Å². The van der Waals surface area contributed by atoms with Crippen molar-refractivity contribution >= 4 is 16.9 Å². The molecule has 2 rings (SSSR count). The molecule has 0 aliphatic heterocycles. The van der Waals surface area contributed by atoms with Crippen LogP contribution in [-0.2, 0) is 0 Å². The minimum absolute atomic E-state index is 0.184. The molecule has 0 fully saturated rings. The lowest BCUT2D eigenvalue weighted by Crippen LogP contribution is -2.23. The second kappa shape index (κ2) is 4.04. The first-order chi connectivity index (χ1) is 7.31. The Morgan fingerprint density at radius 1 is 1.33 bits per heavy atom. The molecule has 0 unspecified atom stereocenters. The van der Waals surface area contributed by atoms with Gasteiger partial charge in [-0.05, 0) is 19.1 Å². The molecule has 76 valence electrons. The lowest BCUT2D eigenvalue weighted by molar-refractivity contribution is 0.0951. The molecule has 0 aliphatic carbocycles. The predicted molar refractivity (Wildman–Crippen MR) is 57.5 cm³/mol. The van der Waals surface area contributed by atoms with Crippen LogP contribution in [0.3, 0.4) is 0 Å². The summed E-state index contributed by atoms with van der Waals surface area (Å²) in [6.07, 6.45) is 1.49. The van der Waals surface area contributed by atoms with Crippen LogP contribution in [0.25, 0.3) is 11.0 Å². The summed E-state index contributed by atoms with van der Waals surface area (Å²) in [5.74, 6) is -0.184. The summed E-state index contributed by atoms with van der Waals surface area (Å²) in [4.78, 5) is 19.9. The maximum atomic E-state index is 11.5. The third kappa shape index (κ3) is 1.93. The fourth-order valence-electron chi connectivity index (χ4n) is 1.32. The number of para-hydroxylation sites is 2. The van der Waals surface area contributed by atoms with E-state index in [1.807, 2.05) is 31.2 Å². The van der Waals surface area contributed by atoms with Gasteiger partial charge in [0.05, 0.1) is 17.2 Å². The van der Waals surface area contributed by atoms with Gasteiger partial charge in [-0.2, -0.15) is 0 Å². The summed E-state index contributed by atoms with van der Waals surface area (Å²) >= 11 is 0. The van der Waals surface area contributed by atoms with E-state index in [1.165, 1.54) is 6.20 Å². The van der Waals surface area contributed by atoms with Gasteiger partial charge in [-0.15, -0.1) is 0 Å². The largest absolute Gasteiger partial charge is 0.351 e. The molecule has 1 N–H and O–H groups in total. The van der Waals surface area contributed by atoms with E-state index in [2.05, 4.69) is 15.3 Å². The molecule has 0 atom stereocenters. The Morgan fingerprint density at radius 3 is 2.80 bits per heavy atom. The molecule has 15 heavy (non-hydrogen) atoms. The van der Waals surface area contributed by atoms with E-state index < -0.39 is 0 Å². The molecular weight excluding hydrogens is 190 g/mol. The summed E-state index contributed by atoms with van der Waals surface area (Å²) in [6.45, 7) is 2.46. The standard InChI is InChI=1S/C11H11N3O/c1-2-12-11(15)10-7-13-8-5-3-4-6-9(8)14-10/h3-7H,2H2,1H3,(H,12,15). The van der Waals surface area contributed by atoms with Crippen LogP contribution >= 0.6 is 0 Å². The Balaban J connectivity index is 2.42. The zero-order valence-corrected chi connectivity index (χ0v) is 8.40. The average Bonchev–Trinajstić information content (AvgIpc) is 2.29. The number of nitrogens with zero attached hydrogens (tertiary/aromatic N) is 2. The maximum absolute atomic E-state index is 11.5. The summed E-state index contributed by atoms with van der Waals surface area (Å²) in [7, 11) is 0. The first-order valence-electron chi connectivity index (χ1n) is 4.81. The lowest BCUT2D eigenvalue weighted by Gasteiger charge is -2.01. The van der Waals surface area contributed by atoms with Crippen LogP contribution in [0.1, 0.15) is 17.4 Å². The van der Waals surface area contributed by atoms with E-state index in [4.69, 9.17) is 0 Å². The quantitative estimate of drug-likeness (QED) is 0.798. The van der Waals surface area contributed by atoms with Crippen LogP contribution in [-0.4, -0.2) is 22.4 Å². The Labute approximate surface area is 87.4 Å². The van der Waals surface area contributed by atoms with Gasteiger partial charge in [-0.1, -0.05) is 12.1 Å². The van der Waals surface area contributed by atoms with Gasteiger partial charge in [-0.3, -0.25) is 9.78 Å². The fourth-order valence-corrected chi connectivity index (χ4v) is 1.32. The Kier molecular flexibility index (Phi) is 2.58. The molecule has 0 radical (unpaired) electrons. The second-order valence-corrected chi connectivity index (χ2v) is 3.10. The van der Waals surface area contributed by atoms with Crippen molar-refractivity contribution in [2.75, 3.05) is 6.54 Å². The van der Waals surface area contributed by atoms with Gasteiger partial charge in [0.2, 0.25) is 0 Å². The van der Waals surface area contributed by atoms with E-state index in [-0.39, 0.29) is 5.91 Å². The SMILES string of the molecule is CCNC(=O)c1cnc2ccccc2n1. The molecule has 4 heteroatoms. The number of fused-ring (bicyclic) bond motifs is 1. The summed E-state index contributed by atoms with van der Waals surface area (Å²) in [6, 6.07) is 7.47. The number of aromatic nitrogens is 2. The van der Waals surface area contributed by atoms with Crippen LogP contribution in [0, 0.1) is 0 Å². The van der Waals surface area contributed by atoms with E-state index in [1.54, 1.807) is 0 Å². The average molecular weight is 201 g/mol. The normalized spacial score (nSPS) is 10.2. The topological polar surface area (TPSA) is 54.9 Å². The van der Waals surface area contributed by atoms with E-state index in [9.17, 15) is 4.79 Å². The molecule has 0 aliphatic rings. The third-order valence-electron chi connectivity index (χ3n) is 2.02. The Hall–Kier alpha value is -1.97. The van der Waals surface area contributed by atoms with Crippen molar-refractivity contribution < 1.29 is 4.79 Å². The molecule has 0 bridgehead atoms. The van der Waals surface area contributed by atoms with Gasteiger partial charge in [0.15, 0.2) is 0 Å². The molecule has 1 amide bonds. The van der Waals surface area contributed by atoms with Crippen molar-refractivity contribution in [3.63, 3.8) is 0 Å². The van der Waals surface area contributed by atoms with Crippen LogP contribution in [0.2, 0.25) is 0 Å². The molecule has 0 spiro atoms. The number of carbonyl (C=O) groups excluding carboxylic acids is 1. The van der Waals surface area contributed by atoms with Crippen LogP contribution in [0.5, 0.6) is 0 Å². The summed E-state index contributed by atoms with van der Waals surface area (Å²) < 4.78 is 0. The highest BCUT2D eigenvalue weighted by atomic mass is 16.1. The fraction of sp³-hybridized carbons (Fsp3) is 0.182. The van der Waals surface area contributed by atoms with Crippen LogP contribution in [0.4, 0.5) is 0 Å². The summed E-state index contributed by atoms with van der Waals surface area (Å²) in [5.41, 5.74) is 1.89. The number of carbonyl (C=O) groups is 1. The van der Waals surface area contributed by atoms with Gasteiger partial charge < -0.3 is 5.32 Å². The molecular formula is C11H11N3O. The van der Waals surface area contributed by atoms with Gasteiger partial charge in [-0.25, -0.2) is 4.98 Å². The number of hydrogen-bond acceptors (Lipinski definition) is 3. The number of rotatable bonds is 2. The van der Waals surface area contributed by atoms with Gasteiger partial charge in [0.1, 0.15) is 5.69 Å². The zero-order chi connectivity index (χ0) is 10.7. The maximum Gasteiger partial charge on any atom is 0.271 e. The molecule has 1 heterocycles. The van der Waals surface area contributed by atoms with Crippen molar-refractivity contribution in [1.82, 2.24) is 15.3 Å². The monoisotopic (exact) mass is 201 g/mol. The van der Waals surface area contributed by atoms with Crippen molar-refractivity contribution in [2.45, 2.75) is 6.92 Å². The van der Waals surface area contributed by atoms with Crippen LogP contribution in [0.15, 0.2) is 30.5 Å². The van der Waals surface area contributed by atoms with Crippen molar-refractivity contribution in [3.05, 3.63) is 36.2 Å². The van der Waals surface area contributed by atoms with Gasteiger partial charge in [0, 0.05) is 6.54 Å². The van der Waals surface area contributed by atoms with Gasteiger partial charge in [0.25, 0.3) is 5.91 Å². The number of nitrogens with one attached hydrogen (secondary N) is 1. The molecule has 1 aromatic carbocycles. The second-order valence-electron chi connectivity index (χ2n) is 3.10. The van der Waals surface area contributed by atoms with E-state index >= 15 is 0 Å². The zero-order valence-electron chi connectivity index (χ0n) is 8.40. The first-order valence-corrected chi connectivity index (χ1v) is 4.81. The molecule has 0 saturated heterocycles. The number of benzene rings is 1.